The van der Waals surface area contributed by atoms with Gasteiger partial charge in [-0.25, -0.2) is 8.42 Å². The Labute approximate surface area is 129 Å². The van der Waals surface area contributed by atoms with Crippen molar-refractivity contribution in [2.45, 2.75) is 18.4 Å². The van der Waals surface area contributed by atoms with Crippen LogP contribution in [0.4, 0.5) is 5.69 Å². The molecule has 0 spiro atoms. The second-order valence-corrected chi connectivity index (χ2v) is 7.00. The summed E-state index contributed by atoms with van der Waals surface area (Å²) in [6, 6.07) is 4.86. The lowest BCUT2D eigenvalue weighted by Crippen LogP contribution is -2.16. The monoisotopic (exact) mass is 378 g/mol. The zero-order valence-corrected chi connectivity index (χ0v) is 13.6. The molecule has 1 heterocycles. The van der Waals surface area contributed by atoms with E-state index in [1.54, 1.807) is 25.1 Å². The molecule has 0 unspecified atom stereocenters. The minimum Gasteiger partial charge on any atom is -0.325 e. The third-order valence-corrected chi connectivity index (χ3v) is 4.97. The minimum atomic E-state index is -3.80. The van der Waals surface area contributed by atoms with Gasteiger partial charge < -0.3 is 5.73 Å². The van der Waals surface area contributed by atoms with Crippen LogP contribution in [0.1, 0.15) is 11.4 Å². The van der Waals surface area contributed by atoms with Gasteiger partial charge in [-0.05, 0) is 25.1 Å². The zero-order chi connectivity index (χ0) is 14.9. The highest BCUT2D eigenvalue weighted by Gasteiger charge is 2.24. The topological polar surface area (TPSA) is 101 Å². The lowest BCUT2D eigenvalue weighted by molar-refractivity contribution is 0.599. The molecule has 0 atom stereocenters. The Balaban J connectivity index is 2.43. The normalized spacial score (nSPS) is 11.6. The smallest absolute Gasteiger partial charge is 0.265 e. The minimum absolute atomic E-state index is 0.0225. The predicted molar refractivity (Wildman–Crippen MR) is 81.2 cm³/mol. The highest BCUT2D eigenvalue weighted by atomic mass is 79.9. The average Bonchev–Trinajstić information content (AvgIpc) is 2.75. The molecule has 20 heavy (non-hydrogen) atoms. The van der Waals surface area contributed by atoms with Crippen LogP contribution in [0.2, 0.25) is 5.02 Å². The standard InChI is InChI=1S/C11H12BrClN4O2S/c1-6-11(10(5-14)16-15-6)20(18,19)17-9-3-2-7(12)4-8(9)13/h2-4,17H,5,14H2,1H3,(H,15,16). The van der Waals surface area contributed by atoms with Crippen LogP contribution in [0.3, 0.4) is 0 Å². The number of sulfonamides is 1. The first-order valence-corrected chi connectivity index (χ1v) is 8.22. The summed E-state index contributed by atoms with van der Waals surface area (Å²) in [7, 11) is -3.80. The summed E-state index contributed by atoms with van der Waals surface area (Å²) >= 11 is 9.26. The molecule has 0 aliphatic heterocycles. The third-order valence-electron chi connectivity index (χ3n) is 2.60. The van der Waals surface area contributed by atoms with Gasteiger partial charge in [0.25, 0.3) is 10.0 Å². The number of rotatable bonds is 4. The second kappa shape index (κ2) is 5.72. The lowest BCUT2D eigenvalue weighted by atomic mass is 10.3. The maximum Gasteiger partial charge on any atom is 0.265 e. The van der Waals surface area contributed by atoms with Crippen LogP contribution in [-0.4, -0.2) is 18.6 Å². The number of aromatic amines is 1. The average molecular weight is 380 g/mol. The molecule has 0 saturated carbocycles. The number of aromatic nitrogens is 2. The Bertz CT molecular complexity index is 745. The Kier molecular flexibility index (Phi) is 4.38. The summed E-state index contributed by atoms with van der Waals surface area (Å²) in [5.74, 6) is 0. The molecular weight excluding hydrogens is 368 g/mol. The van der Waals surface area contributed by atoms with E-state index >= 15 is 0 Å². The molecule has 9 heteroatoms. The lowest BCUT2D eigenvalue weighted by Gasteiger charge is -2.10. The quantitative estimate of drug-likeness (QED) is 0.759. The number of H-pyrrole nitrogens is 1. The van der Waals surface area contributed by atoms with Gasteiger partial charge in [-0.2, -0.15) is 5.10 Å². The highest BCUT2D eigenvalue weighted by molar-refractivity contribution is 9.10. The Morgan fingerprint density at radius 3 is 2.80 bits per heavy atom. The van der Waals surface area contributed by atoms with Crippen molar-refractivity contribution in [1.82, 2.24) is 10.2 Å². The number of nitrogens with one attached hydrogen (secondary N) is 2. The molecule has 1 aromatic carbocycles. The van der Waals surface area contributed by atoms with Crippen molar-refractivity contribution in [3.8, 4) is 0 Å². The molecule has 0 aliphatic rings. The van der Waals surface area contributed by atoms with Crippen LogP contribution in [0, 0.1) is 6.92 Å². The number of aryl methyl sites for hydroxylation is 1. The first-order valence-electron chi connectivity index (χ1n) is 5.57. The van der Waals surface area contributed by atoms with Crippen LogP contribution in [0.15, 0.2) is 27.6 Å². The van der Waals surface area contributed by atoms with E-state index < -0.39 is 10.0 Å². The SMILES string of the molecule is Cc1[nH]nc(CN)c1S(=O)(=O)Nc1ccc(Br)cc1Cl. The number of anilines is 1. The Morgan fingerprint density at radius 2 is 2.20 bits per heavy atom. The molecule has 1 aromatic heterocycles. The van der Waals surface area contributed by atoms with E-state index in [0.29, 0.717) is 16.4 Å². The van der Waals surface area contributed by atoms with Crippen LogP contribution in [0.5, 0.6) is 0 Å². The van der Waals surface area contributed by atoms with Gasteiger partial charge in [-0.3, -0.25) is 9.82 Å². The Hall–Kier alpha value is -1.09. The number of hydrogen-bond acceptors (Lipinski definition) is 4. The fraction of sp³-hybridized carbons (Fsp3) is 0.182. The van der Waals surface area contributed by atoms with Gasteiger partial charge in [0.1, 0.15) is 4.90 Å². The molecule has 0 radical (unpaired) electrons. The van der Waals surface area contributed by atoms with Crippen molar-refractivity contribution in [3.63, 3.8) is 0 Å². The van der Waals surface area contributed by atoms with E-state index in [1.807, 2.05) is 0 Å². The van der Waals surface area contributed by atoms with Crippen molar-refractivity contribution in [1.29, 1.82) is 0 Å². The Morgan fingerprint density at radius 1 is 1.50 bits per heavy atom. The molecule has 108 valence electrons. The fourth-order valence-corrected chi connectivity index (χ4v) is 3.97. The number of nitrogens with zero attached hydrogens (tertiary/aromatic N) is 1. The van der Waals surface area contributed by atoms with Crippen LogP contribution in [0.25, 0.3) is 0 Å². The maximum atomic E-state index is 12.4. The van der Waals surface area contributed by atoms with Gasteiger partial charge >= 0.3 is 0 Å². The van der Waals surface area contributed by atoms with E-state index in [1.165, 1.54) is 0 Å². The summed E-state index contributed by atoms with van der Waals surface area (Å²) in [4.78, 5) is 0.0546. The maximum absolute atomic E-state index is 12.4. The number of benzene rings is 1. The summed E-state index contributed by atoms with van der Waals surface area (Å²) in [6.45, 7) is 1.64. The predicted octanol–water partition coefficient (Wildman–Crippen LogP) is 2.39. The van der Waals surface area contributed by atoms with E-state index in [4.69, 9.17) is 17.3 Å². The highest BCUT2D eigenvalue weighted by Crippen LogP contribution is 2.28. The molecule has 2 rings (SSSR count). The summed E-state index contributed by atoms with van der Waals surface area (Å²) in [5.41, 5.74) is 6.49. The molecule has 0 aliphatic carbocycles. The van der Waals surface area contributed by atoms with Crippen molar-refractivity contribution in [2.75, 3.05) is 4.72 Å². The summed E-state index contributed by atoms with van der Waals surface area (Å²) in [6.07, 6.45) is 0. The van der Waals surface area contributed by atoms with Crippen molar-refractivity contribution < 1.29 is 8.42 Å². The van der Waals surface area contributed by atoms with Crippen molar-refractivity contribution >= 4 is 43.2 Å². The van der Waals surface area contributed by atoms with E-state index in [2.05, 4.69) is 30.8 Å². The first-order chi connectivity index (χ1) is 9.35. The van der Waals surface area contributed by atoms with Gasteiger partial charge in [0.15, 0.2) is 0 Å². The van der Waals surface area contributed by atoms with E-state index in [-0.39, 0.29) is 17.1 Å². The third kappa shape index (κ3) is 2.98. The zero-order valence-electron chi connectivity index (χ0n) is 10.4. The van der Waals surface area contributed by atoms with Gasteiger partial charge in [0.05, 0.1) is 22.1 Å². The fourth-order valence-electron chi connectivity index (χ4n) is 1.73. The van der Waals surface area contributed by atoms with Crippen LogP contribution in [-0.2, 0) is 16.6 Å². The van der Waals surface area contributed by atoms with Crippen LogP contribution < -0.4 is 10.5 Å². The van der Waals surface area contributed by atoms with Crippen LogP contribution >= 0.6 is 27.5 Å². The van der Waals surface area contributed by atoms with E-state index in [9.17, 15) is 8.42 Å². The first kappa shape index (κ1) is 15.3. The number of hydrogen-bond donors (Lipinski definition) is 3. The molecule has 6 nitrogen and oxygen atoms in total. The molecular formula is C11H12BrClN4O2S. The molecule has 0 saturated heterocycles. The largest absolute Gasteiger partial charge is 0.325 e. The molecule has 2 aromatic rings. The van der Waals surface area contributed by atoms with Crippen molar-refractivity contribution in [2.24, 2.45) is 5.73 Å². The molecule has 0 bridgehead atoms. The summed E-state index contributed by atoms with van der Waals surface area (Å²) in [5, 5.41) is 6.77. The van der Waals surface area contributed by atoms with Gasteiger partial charge in [-0.1, -0.05) is 27.5 Å². The van der Waals surface area contributed by atoms with Crippen molar-refractivity contribution in [3.05, 3.63) is 39.1 Å². The number of nitrogens with two attached hydrogens (primary N) is 1. The molecule has 0 fully saturated rings. The molecule has 4 N–H and O–H groups in total. The van der Waals surface area contributed by atoms with Gasteiger partial charge in [0, 0.05) is 11.0 Å². The summed E-state index contributed by atoms with van der Waals surface area (Å²) < 4.78 is 28.0. The van der Waals surface area contributed by atoms with E-state index in [0.717, 1.165) is 4.47 Å². The second-order valence-electron chi connectivity index (χ2n) is 4.06. The van der Waals surface area contributed by atoms with Gasteiger partial charge in [-0.15, -0.1) is 0 Å². The number of halogens is 2. The molecule has 0 amide bonds. The van der Waals surface area contributed by atoms with Gasteiger partial charge in [0.2, 0.25) is 0 Å².